The van der Waals surface area contributed by atoms with Crippen molar-refractivity contribution in [3.8, 4) is 0 Å². The van der Waals surface area contributed by atoms with Crippen LogP contribution in [0, 0.1) is 10.1 Å². The number of benzene rings is 1. The van der Waals surface area contributed by atoms with E-state index >= 15 is 0 Å². The number of nitrogens with zero attached hydrogens (tertiary/aromatic N) is 2. The van der Waals surface area contributed by atoms with Crippen molar-refractivity contribution in [3.63, 3.8) is 0 Å². The Labute approximate surface area is 105 Å². The molecular weight excluding hydrogens is 258 g/mol. The molecule has 92 valence electrons. The summed E-state index contributed by atoms with van der Waals surface area (Å²) < 4.78 is 0. The van der Waals surface area contributed by atoms with E-state index in [-0.39, 0.29) is 16.1 Å². The van der Waals surface area contributed by atoms with Crippen molar-refractivity contribution < 1.29 is 14.8 Å². The van der Waals surface area contributed by atoms with Crippen molar-refractivity contribution in [2.75, 3.05) is 0 Å². The lowest BCUT2D eigenvalue weighted by molar-refractivity contribution is -0.387. The van der Waals surface area contributed by atoms with Gasteiger partial charge < -0.3 is 10.1 Å². The van der Waals surface area contributed by atoms with Crippen LogP contribution in [0.1, 0.15) is 10.4 Å². The van der Waals surface area contributed by atoms with Gasteiger partial charge in [-0.15, -0.1) is 0 Å². The Balaban J connectivity index is 2.43. The number of hydrogen-bond donors (Lipinski definition) is 2. The van der Waals surface area contributed by atoms with Crippen LogP contribution in [0.5, 0.6) is 0 Å². The van der Waals surface area contributed by atoms with Gasteiger partial charge in [-0.1, -0.05) is 0 Å². The molecule has 0 fully saturated rings. The molecule has 0 radical (unpaired) electrons. The normalized spacial score (nSPS) is 10.2. The van der Waals surface area contributed by atoms with Gasteiger partial charge in [-0.05, 0) is 23.9 Å². The topological polar surface area (TPSA) is 109 Å². The highest BCUT2D eigenvalue weighted by molar-refractivity contribution is 7.99. The second kappa shape index (κ2) is 4.88. The monoisotopic (exact) mass is 265 g/mol. The second-order valence-electron chi connectivity index (χ2n) is 3.24. The van der Waals surface area contributed by atoms with Crippen LogP contribution < -0.4 is 0 Å². The summed E-state index contributed by atoms with van der Waals surface area (Å²) >= 11 is 1.01. The Morgan fingerprint density at radius 1 is 1.50 bits per heavy atom. The van der Waals surface area contributed by atoms with Crippen LogP contribution in [-0.4, -0.2) is 26.0 Å². The molecular formula is C10H7N3O4S. The van der Waals surface area contributed by atoms with Gasteiger partial charge in [0.25, 0.3) is 5.69 Å². The summed E-state index contributed by atoms with van der Waals surface area (Å²) in [5.74, 6) is -1.13. The number of imidazole rings is 1. The van der Waals surface area contributed by atoms with E-state index in [1.807, 2.05) is 0 Å². The molecule has 0 amide bonds. The van der Waals surface area contributed by atoms with E-state index in [2.05, 4.69) is 9.97 Å². The summed E-state index contributed by atoms with van der Waals surface area (Å²) in [4.78, 5) is 28.1. The third-order valence-electron chi connectivity index (χ3n) is 2.08. The van der Waals surface area contributed by atoms with Crippen LogP contribution in [0.2, 0.25) is 0 Å². The number of carbonyl (C=O) groups is 1. The molecule has 0 saturated carbocycles. The van der Waals surface area contributed by atoms with E-state index in [4.69, 9.17) is 5.11 Å². The van der Waals surface area contributed by atoms with Crippen LogP contribution in [-0.2, 0) is 0 Å². The predicted molar refractivity (Wildman–Crippen MR) is 62.8 cm³/mol. The maximum atomic E-state index is 10.8. The smallest absolute Gasteiger partial charge is 0.335 e. The van der Waals surface area contributed by atoms with Gasteiger partial charge in [0.15, 0.2) is 5.16 Å². The Kier molecular flexibility index (Phi) is 3.28. The molecule has 0 aliphatic heterocycles. The standard InChI is InChI=1S/C10H7N3O4S/c14-9(15)6-1-2-7(13(16)17)8(5-6)18-10-11-3-4-12-10/h1-5H,(H,11,12)(H,14,15). The zero-order valence-corrected chi connectivity index (χ0v) is 9.68. The fourth-order valence-corrected chi connectivity index (χ4v) is 2.17. The predicted octanol–water partition coefficient (Wildman–Crippen LogP) is 2.17. The number of nitro benzene ring substituents is 1. The maximum Gasteiger partial charge on any atom is 0.335 e. The summed E-state index contributed by atoms with van der Waals surface area (Å²) in [5.41, 5.74) is -0.156. The molecule has 0 unspecified atom stereocenters. The molecule has 0 aliphatic carbocycles. The largest absolute Gasteiger partial charge is 0.478 e. The van der Waals surface area contributed by atoms with Crippen molar-refractivity contribution in [3.05, 3.63) is 46.3 Å². The van der Waals surface area contributed by atoms with Gasteiger partial charge in [0.05, 0.1) is 15.4 Å². The summed E-state index contributed by atoms with van der Waals surface area (Å²) in [6, 6.07) is 3.63. The maximum absolute atomic E-state index is 10.8. The molecule has 18 heavy (non-hydrogen) atoms. The number of carboxylic acids is 1. The number of nitro groups is 1. The Morgan fingerprint density at radius 3 is 2.83 bits per heavy atom. The lowest BCUT2D eigenvalue weighted by Crippen LogP contribution is -1.98. The summed E-state index contributed by atoms with van der Waals surface area (Å²) in [5, 5.41) is 20.2. The minimum Gasteiger partial charge on any atom is -0.478 e. The van der Waals surface area contributed by atoms with Crippen LogP contribution in [0.15, 0.2) is 40.6 Å². The average Bonchev–Trinajstić information content (AvgIpc) is 2.81. The Bertz CT molecular complexity index is 597. The molecule has 1 aromatic heterocycles. The van der Waals surface area contributed by atoms with Crippen molar-refractivity contribution in [1.29, 1.82) is 0 Å². The molecule has 0 aliphatic rings. The Morgan fingerprint density at radius 2 is 2.28 bits per heavy atom. The molecule has 2 N–H and O–H groups in total. The highest BCUT2D eigenvalue weighted by Crippen LogP contribution is 2.33. The number of aromatic nitrogens is 2. The molecule has 0 bridgehead atoms. The van der Waals surface area contributed by atoms with E-state index in [1.54, 1.807) is 6.20 Å². The Hall–Kier alpha value is -2.35. The summed E-state index contributed by atoms with van der Waals surface area (Å²) in [6.45, 7) is 0. The highest BCUT2D eigenvalue weighted by atomic mass is 32.2. The first-order valence-electron chi connectivity index (χ1n) is 4.77. The molecule has 1 heterocycles. The molecule has 0 atom stereocenters. The van der Waals surface area contributed by atoms with E-state index < -0.39 is 10.9 Å². The molecule has 0 spiro atoms. The van der Waals surface area contributed by atoms with E-state index in [9.17, 15) is 14.9 Å². The van der Waals surface area contributed by atoms with Crippen LogP contribution in [0.4, 0.5) is 5.69 Å². The lowest BCUT2D eigenvalue weighted by atomic mass is 10.2. The summed E-state index contributed by atoms with van der Waals surface area (Å²) in [6.07, 6.45) is 3.09. The van der Waals surface area contributed by atoms with Crippen LogP contribution in [0.3, 0.4) is 0 Å². The lowest BCUT2D eigenvalue weighted by Gasteiger charge is -2.02. The average molecular weight is 265 g/mol. The van der Waals surface area contributed by atoms with E-state index in [0.717, 1.165) is 11.8 Å². The van der Waals surface area contributed by atoms with Crippen molar-refractivity contribution in [2.24, 2.45) is 0 Å². The zero-order chi connectivity index (χ0) is 13.1. The van der Waals surface area contributed by atoms with Crippen LogP contribution in [0.25, 0.3) is 0 Å². The first kappa shape index (κ1) is 12.1. The van der Waals surface area contributed by atoms with E-state index in [1.165, 1.54) is 24.4 Å². The van der Waals surface area contributed by atoms with Crippen molar-refractivity contribution >= 4 is 23.4 Å². The number of nitrogens with one attached hydrogen (secondary N) is 1. The zero-order valence-electron chi connectivity index (χ0n) is 8.86. The highest BCUT2D eigenvalue weighted by Gasteiger charge is 2.18. The van der Waals surface area contributed by atoms with Gasteiger partial charge in [-0.3, -0.25) is 10.1 Å². The summed E-state index contributed by atoms with van der Waals surface area (Å²) in [7, 11) is 0. The molecule has 8 heteroatoms. The number of H-pyrrole nitrogens is 1. The van der Waals surface area contributed by atoms with Crippen molar-refractivity contribution in [2.45, 2.75) is 10.1 Å². The fraction of sp³-hybridized carbons (Fsp3) is 0. The molecule has 2 rings (SSSR count). The minimum atomic E-state index is -1.13. The number of carboxylic acid groups (broad SMARTS) is 1. The van der Waals surface area contributed by atoms with Crippen LogP contribution >= 0.6 is 11.8 Å². The van der Waals surface area contributed by atoms with Gasteiger partial charge >= 0.3 is 5.97 Å². The minimum absolute atomic E-state index is 0.00495. The van der Waals surface area contributed by atoms with Gasteiger partial charge in [-0.2, -0.15) is 0 Å². The van der Waals surface area contributed by atoms with Gasteiger partial charge in [-0.25, -0.2) is 9.78 Å². The number of hydrogen-bond acceptors (Lipinski definition) is 5. The van der Waals surface area contributed by atoms with Gasteiger partial charge in [0.2, 0.25) is 0 Å². The number of rotatable bonds is 4. The van der Waals surface area contributed by atoms with Crippen molar-refractivity contribution in [1.82, 2.24) is 9.97 Å². The number of aromatic carboxylic acids is 1. The molecule has 0 saturated heterocycles. The molecule has 1 aromatic carbocycles. The number of aromatic amines is 1. The second-order valence-corrected chi connectivity index (χ2v) is 4.27. The first-order valence-corrected chi connectivity index (χ1v) is 5.58. The molecule has 2 aromatic rings. The quantitative estimate of drug-likeness (QED) is 0.647. The van der Waals surface area contributed by atoms with E-state index in [0.29, 0.717) is 5.16 Å². The third kappa shape index (κ3) is 2.48. The molecule has 7 nitrogen and oxygen atoms in total. The fourth-order valence-electron chi connectivity index (χ4n) is 1.29. The third-order valence-corrected chi connectivity index (χ3v) is 3.05. The van der Waals surface area contributed by atoms with Gasteiger partial charge in [0.1, 0.15) is 0 Å². The first-order chi connectivity index (χ1) is 8.58. The SMILES string of the molecule is O=C(O)c1ccc([N+](=O)[O-])c(Sc2ncc[nH]2)c1. The van der Waals surface area contributed by atoms with Gasteiger partial charge in [0, 0.05) is 18.5 Å².